The van der Waals surface area contributed by atoms with E-state index in [4.69, 9.17) is 0 Å². The third kappa shape index (κ3) is 3.41. The lowest BCUT2D eigenvalue weighted by Gasteiger charge is -2.06. The number of aryl methyl sites for hydroxylation is 3. The lowest BCUT2D eigenvalue weighted by Crippen LogP contribution is -2.26. The fraction of sp³-hybridized carbons (Fsp3) is 0.462. The number of aromatic nitrogens is 3. The van der Waals surface area contributed by atoms with Gasteiger partial charge in [-0.2, -0.15) is 0 Å². The molecule has 1 N–H and O–H groups in total. The van der Waals surface area contributed by atoms with Crippen LogP contribution < -0.4 is 5.32 Å². The Morgan fingerprint density at radius 3 is 2.89 bits per heavy atom. The molecule has 1 amide bonds. The molecule has 0 aliphatic heterocycles. The molecule has 0 spiro atoms. The summed E-state index contributed by atoms with van der Waals surface area (Å²) in [6.45, 7) is 7.37. The van der Waals surface area contributed by atoms with Crippen LogP contribution in [0.15, 0.2) is 12.5 Å². The van der Waals surface area contributed by atoms with Gasteiger partial charge in [0, 0.05) is 17.6 Å². The number of nitrogens with zero attached hydrogens (tertiary/aromatic N) is 3. The minimum Gasteiger partial charge on any atom is -0.350 e. The second-order valence-electron chi connectivity index (χ2n) is 4.36. The second kappa shape index (κ2) is 5.97. The number of hydrogen-bond donors (Lipinski definition) is 1. The third-order valence-corrected chi connectivity index (χ3v) is 3.86. The zero-order valence-electron chi connectivity index (χ0n) is 11.4. The number of thiazole rings is 1. The van der Waals surface area contributed by atoms with Gasteiger partial charge in [-0.25, -0.2) is 9.97 Å². The Labute approximate surface area is 116 Å². The van der Waals surface area contributed by atoms with Gasteiger partial charge in [-0.05, 0) is 20.8 Å². The van der Waals surface area contributed by atoms with Gasteiger partial charge >= 0.3 is 0 Å². The summed E-state index contributed by atoms with van der Waals surface area (Å²) in [6.07, 6.45) is 3.90. The van der Waals surface area contributed by atoms with E-state index in [9.17, 15) is 4.79 Å². The maximum absolute atomic E-state index is 11.9. The van der Waals surface area contributed by atoms with Gasteiger partial charge in [0.05, 0.1) is 35.7 Å². The fourth-order valence-corrected chi connectivity index (χ4v) is 2.75. The molecule has 0 fully saturated rings. The smallest absolute Gasteiger partial charge is 0.226 e. The number of hydrogen-bond acceptors (Lipinski definition) is 4. The van der Waals surface area contributed by atoms with Crippen molar-refractivity contribution in [2.75, 3.05) is 0 Å². The monoisotopic (exact) mass is 278 g/mol. The van der Waals surface area contributed by atoms with Crippen molar-refractivity contribution >= 4 is 17.2 Å². The van der Waals surface area contributed by atoms with Crippen LogP contribution in [0.2, 0.25) is 0 Å². The van der Waals surface area contributed by atoms with Crippen molar-refractivity contribution in [2.45, 2.75) is 40.3 Å². The highest BCUT2D eigenvalue weighted by atomic mass is 32.1. The van der Waals surface area contributed by atoms with E-state index in [2.05, 4.69) is 22.2 Å². The molecule has 19 heavy (non-hydrogen) atoms. The van der Waals surface area contributed by atoms with E-state index in [1.54, 1.807) is 23.9 Å². The summed E-state index contributed by atoms with van der Waals surface area (Å²) in [4.78, 5) is 21.5. The van der Waals surface area contributed by atoms with Crippen molar-refractivity contribution in [3.05, 3.63) is 33.8 Å². The second-order valence-corrected chi connectivity index (χ2v) is 5.77. The van der Waals surface area contributed by atoms with E-state index < -0.39 is 0 Å². The predicted molar refractivity (Wildman–Crippen MR) is 75.0 cm³/mol. The minimum absolute atomic E-state index is 0.00254. The molecule has 2 aromatic heterocycles. The van der Waals surface area contributed by atoms with Crippen molar-refractivity contribution < 1.29 is 4.79 Å². The van der Waals surface area contributed by atoms with Crippen molar-refractivity contribution in [1.29, 1.82) is 0 Å². The lowest BCUT2D eigenvalue weighted by molar-refractivity contribution is -0.120. The van der Waals surface area contributed by atoms with Crippen molar-refractivity contribution in [1.82, 2.24) is 19.9 Å². The number of carbonyl (C=O) groups is 1. The highest BCUT2D eigenvalue weighted by Gasteiger charge is 2.10. The number of rotatable bonds is 5. The first-order valence-electron chi connectivity index (χ1n) is 6.28. The highest BCUT2D eigenvalue weighted by molar-refractivity contribution is 7.11. The van der Waals surface area contributed by atoms with Gasteiger partial charge in [0.25, 0.3) is 0 Å². The average molecular weight is 278 g/mol. The van der Waals surface area contributed by atoms with Crippen LogP contribution in [-0.2, 0) is 24.3 Å². The van der Waals surface area contributed by atoms with Crippen molar-refractivity contribution in [3.8, 4) is 0 Å². The summed E-state index contributed by atoms with van der Waals surface area (Å²) >= 11 is 1.63. The van der Waals surface area contributed by atoms with Crippen LogP contribution in [0.1, 0.15) is 28.2 Å². The highest BCUT2D eigenvalue weighted by Crippen LogP contribution is 2.16. The van der Waals surface area contributed by atoms with E-state index >= 15 is 0 Å². The zero-order chi connectivity index (χ0) is 13.8. The molecule has 0 unspecified atom stereocenters. The molecule has 0 bridgehead atoms. The summed E-state index contributed by atoms with van der Waals surface area (Å²) in [6, 6.07) is 0. The number of carbonyl (C=O) groups excluding carboxylic acids is 1. The van der Waals surface area contributed by atoms with Gasteiger partial charge in [0.1, 0.15) is 0 Å². The van der Waals surface area contributed by atoms with E-state index in [0.29, 0.717) is 13.0 Å². The number of imidazole rings is 1. The molecule has 2 aromatic rings. The molecule has 0 saturated heterocycles. The molecule has 5 nitrogen and oxygen atoms in total. The number of amides is 1. The summed E-state index contributed by atoms with van der Waals surface area (Å²) in [5.41, 5.74) is 1.89. The molecular formula is C13H18N4OS. The van der Waals surface area contributed by atoms with Crippen molar-refractivity contribution in [3.63, 3.8) is 0 Å². The molecule has 102 valence electrons. The normalized spacial score (nSPS) is 10.7. The van der Waals surface area contributed by atoms with E-state index in [0.717, 1.165) is 27.8 Å². The topological polar surface area (TPSA) is 59.8 Å². The Balaban J connectivity index is 1.90. The van der Waals surface area contributed by atoms with Crippen LogP contribution >= 0.6 is 11.3 Å². The molecule has 0 aliphatic rings. The first-order valence-corrected chi connectivity index (χ1v) is 7.10. The van der Waals surface area contributed by atoms with Gasteiger partial charge in [-0.15, -0.1) is 11.3 Å². The molecule has 6 heteroatoms. The summed E-state index contributed by atoms with van der Waals surface area (Å²) in [5.74, 6) is -0.00254. The van der Waals surface area contributed by atoms with Crippen LogP contribution in [0.4, 0.5) is 0 Å². The molecule has 0 atom stereocenters. The predicted octanol–water partition coefficient (Wildman–Crippen LogP) is 1.84. The Bertz CT molecular complexity index is 573. The van der Waals surface area contributed by atoms with Crippen molar-refractivity contribution in [2.24, 2.45) is 0 Å². The number of nitrogens with one attached hydrogen (secondary N) is 1. The van der Waals surface area contributed by atoms with Crippen LogP contribution in [0.3, 0.4) is 0 Å². The Hall–Kier alpha value is -1.69. The summed E-state index contributed by atoms with van der Waals surface area (Å²) < 4.78 is 2.01. The maximum Gasteiger partial charge on any atom is 0.226 e. The van der Waals surface area contributed by atoms with E-state index in [1.807, 2.05) is 18.4 Å². The summed E-state index contributed by atoms with van der Waals surface area (Å²) in [7, 11) is 0. The maximum atomic E-state index is 11.9. The van der Waals surface area contributed by atoms with Crippen LogP contribution in [0.25, 0.3) is 0 Å². The Morgan fingerprint density at radius 1 is 1.47 bits per heavy atom. The van der Waals surface area contributed by atoms with Gasteiger partial charge in [-0.1, -0.05) is 0 Å². The molecule has 0 saturated carbocycles. The van der Waals surface area contributed by atoms with Crippen LogP contribution in [-0.4, -0.2) is 20.4 Å². The minimum atomic E-state index is -0.00254. The Morgan fingerprint density at radius 2 is 2.26 bits per heavy atom. The molecule has 0 aliphatic carbocycles. The molecule has 0 aromatic carbocycles. The van der Waals surface area contributed by atoms with Crippen LogP contribution in [0, 0.1) is 13.8 Å². The van der Waals surface area contributed by atoms with Gasteiger partial charge in [0.15, 0.2) is 0 Å². The molecule has 0 radical (unpaired) electrons. The van der Waals surface area contributed by atoms with E-state index in [1.165, 1.54) is 0 Å². The fourth-order valence-electron chi connectivity index (χ4n) is 1.92. The molecule has 2 heterocycles. The van der Waals surface area contributed by atoms with Gasteiger partial charge in [-0.3, -0.25) is 4.79 Å². The third-order valence-electron chi connectivity index (χ3n) is 2.93. The zero-order valence-corrected chi connectivity index (χ0v) is 12.3. The molecule has 2 rings (SSSR count). The lowest BCUT2D eigenvalue weighted by atomic mass is 10.2. The van der Waals surface area contributed by atoms with Crippen LogP contribution in [0.5, 0.6) is 0 Å². The quantitative estimate of drug-likeness (QED) is 0.907. The first-order chi connectivity index (χ1) is 9.10. The molecular weight excluding hydrogens is 260 g/mol. The first kappa shape index (κ1) is 13.7. The SMILES string of the molecule is CCn1cncc1CNC(=O)Cc1nc(C)sc1C. The summed E-state index contributed by atoms with van der Waals surface area (Å²) in [5, 5.41) is 3.91. The largest absolute Gasteiger partial charge is 0.350 e. The van der Waals surface area contributed by atoms with Gasteiger partial charge in [0.2, 0.25) is 5.91 Å². The average Bonchev–Trinajstić information content (AvgIpc) is 2.93. The Kier molecular flexibility index (Phi) is 4.31. The van der Waals surface area contributed by atoms with E-state index in [-0.39, 0.29) is 5.91 Å². The standard InChI is InChI=1S/C13H18N4OS/c1-4-17-8-14-6-11(17)7-15-13(18)5-12-9(2)19-10(3)16-12/h6,8H,4-5,7H2,1-3H3,(H,15,18). The van der Waals surface area contributed by atoms with Gasteiger partial charge < -0.3 is 9.88 Å².